The summed E-state index contributed by atoms with van der Waals surface area (Å²) in [7, 11) is 1.30. The molecule has 0 radical (unpaired) electrons. The monoisotopic (exact) mass is 431 g/mol. The highest BCUT2D eigenvalue weighted by atomic mass is 32.1. The maximum atomic E-state index is 13.2. The Labute approximate surface area is 181 Å². The fourth-order valence-corrected chi connectivity index (χ4v) is 3.90. The lowest BCUT2D eigenvalue weighted by molar-refractivity contribution is 0.0600. The highest BCUT2D eigenvalue weighted by molar-refractivity contribution is 7.07. The van der Waals surface area contributed by atoms with Crippen molar-refractivity contribution < 1.29 is 14.3 Å². The van der Waals surface area contributed by atoms with Crippen LogP contribution in [0.4, 0.5) is 0 Å². The van der Waals surface area contributed by atoms with Crippen LogP contribution < -0.4 is 19.5 Å². The van der Waals surface area contributed by atoms with E-state index < -0.39 is 5.97 Å². The van der Waals surface area contributed by atoms with Crippen molar-refractivity contribution in [3.8, 4) is 23.6 Å². The largest absolute Gasteiger partial charge is 0.494 e. The maximum absolute atomic E-state index is 13.2. The van der Waals surface area contributed by atoms with Crippen LogP contribution >= 0.6 is 11.3 Å². The van der Waals surface area contributed by atoms with E-state index in [4.69, 9.17) is 4.74 Å². The van der Waals surface area contributed by atoms with E-state index in [-0.39, 0.29) is 15.8 Å². The summed E-state index contributed by atoms with van der Waals surface area (Å²) in [6, 6.07) is 17.1. The lowest BCUT2D eigenvalue weighted by atomic mass is 10.1. The zero-order valence-electron chi connectivity index (χ0n) is 16.8. The second-order valence-electron chi connectivity index (χ2n) is 6.20. The molecule has 0 saturated carbocycles. The highest BCUT2D eigenvalue weighted by Gasteiger charge is 2.12. The number of hydrogen-bond acceptors (Lipinski definition) is 7. The van der Waals surface area contributed by atoms with Crippen molar-refractivity contribution in [1.82, 2.24) is 4.57 Å². The van der Waals surface area contributed by atoms with Gasteiger partial charge in [0.25, 0.3) is 5.56 Å². The number of aromatic nitrogens is 1. The number of nitriles is 2. The van der Waals surface area contributed by atoms with Gasteiger partial charge in [-0.05, 0) is 55.0 Å². The van der Waals surface area contributed by atoms with Gasteiger partial charge in [0.05, 0.1) is 29.5 Å². The first-order valence-corrected chi connectivity index (χ1v) is 10.0. The molecule has 1 heterocycles. The Kier molecular flexibility index (Phi) is 6.66. The van der Waals surface area contributed by atoms with Gasteiger partial charge in [0.15, 0.2) is 5.57 Å². The van der Waals surface area contributed by atoms with Gasteiger partial charge in [-0.1, -0.05) is 12.1 Å². The van der Waals surface area contributed by atoms with Gasteiger partial charge in [-0.25, -0.2) is 4.79 Å². The van der Waals surface area contributed by atoms with Crippen LogP contribution in [0.1, 0.15) is 22.8 Å². The first kappa shape index (κ1) is 21.6. The second-order valence-corrected chi connectivity index (χ2v) is 7.23. The standard InChI is InChI=1S/C23H17N3O4S/c1-3-30-19-10-8-18(9-11-19)26-21(27)20(31-22(26)17(13-24)14-25)12-15-4-6-16(7-5-15)23(28)29-2/h4-12H,3H2,1-2H3/b20-12+. The molecular weight excluding hydrogens is 414 g/mol. The first-order chi connectivity index (χ1) is 15.0. The zero-order valence-corrected chi connectivity index (χ0v) is 17.6. The molecule has 31 heavy (non-hydrogen) atoms. The van der Waals surface area contributed by atoms with E-state index in [1.54, 1.807) is 54.6 Å². The second kappa shape index (κ2) is 9.57. The van der Waals surface area contributed by atoms with E-state index in [2.05, 4.69) is 4.74 Å². The van der Waals surface area contributed by atoms with E-state index in [1.807, 2.05) is 19.1 Å². The minimum absolute atomic E-state index is 0.156. The van der Waals surface area contributed by atoms with Crippen LogP contribution in [0.2, 0.25) is 0 Å². The van der Waals surface area contributed by atoms with Crippen LogP contribution in [0.25, 0.3) is 17.3 Å². The highest BCUT2D eigenvalue weighted by Crippen LogP contribution is 2.14. The molecule has 0 spiro atoms. The Morgan fingerprint density at radius 1 is 1.10 bits per heavy atom. The van der Waals surface area contributed by atoms with Crippen molar-refractivity contribution in [3.63, 3.8) is 0 Å². The molecule has 0 fully saturated rings. The summed E-state index contributed by atoms with van der Waals surface area (Å²) in [4.78, 5) is 24.8. The van der Waals surface area contributed by atoms with Gasteiger partial charge in [0, 0.05) is 0 Å². The van der Waals surface area contributed by atoms with Crippen molar-refractivity contribution >= 4 is 29.0 Å². The van der Waals surface area contributed by atoms with Gasteiger partial charge in [-0.3, -0.25) is 9.36 Å². The number of hydrogen-bond donors (Lipinski definition) is 0. The number of thiazole rings is 1. The van der Waals surface area contributed by atoms with Gasteiger partial charge < -0.3 is 9.47 Å². The average molecular weight is 431 g/mol. The number of methoxy groups -OCH3 is 1. The van der Waals surface area contributed by atoms with Crippen LogP contribution in [0.15, 0.2) is 53.3 Å². The van der Waals surface area contributed by atoms with Crippen LogP contribution in [0, 0.1) is 22.7 Å². The maximum Gasteiger partial charge on any atom is 0.337 e. The third-order valence-electron chi connectivity index (χ3n) is 4.30. The van der Waals surface area contributed by atoms with Crippen LogP contribution in [0.5, 0.6) is 5.75 Å². The predicted octanol–water partition coefficient (Wildman–Crippen LogP) is 2.11. The molecule has 0 aliphatic heterocycles. The first-order valence-electron chi connectivity index (χ1n) is 9.22. The number of esters is 1. The van der Waals surface area contributed by atoms with Crippen molar-refractivity contribution in [1.29, 1.82) is 10.5 Å². The Morgan fingerprint density at radius 2 is 1.74 bits per heavy atom. The lowest BCUT2D eigenvalue weighted by Crippen LogP contribution is -2.30. The topological polar surface area (TPSA) is 105 Å². The third kappa shape index (κ3) is 4.55. The normalized spacial score (nSPS) is 10.8. The van der Waals surface area contributed by atoms with E-state index in [0.717, 1.165) is 11.3 Å². The Morgan fingerprint density at radius 3 is 2.29 bits per heavy atom. The summed E-state index contributed by atoms with van der Waals surface area (Å²) >= 11 is 1.05. The number of carbonyl (C=O) groups is 1. The van der Waals surface area contributed by atoms with E-state index in [1.165, 1.54) is 11.7 Å². The minimum Gasteiger partial charge on any atom is -0.494 e. The molecule has 0 aliphatic rings. The molecule has 0 N–H and O–H groups in total. The summed E-state index contributed by atoms with van der Waals surface area (Å²) in [6.45, 7) is 2.38. The third-order valence-corrected chi connectivity index (χ3v) is 5.39. The molecule has 0 saturated heterocycles. The van der Waals surface area contributed by atoms with Crippen molar-refractivity contribution in [3.05, 3.63) is 79.2 Å². The quantitative estimate of drug-likeness (QED) is 0.573. The summed E-state index contributed by atoms with van der Waals surface area (Å²) in [5, 5.41) is 18.7. The van der Waals surface area contributed by atoms with E-state index >= 15 is 0 Å². The molecular formula is C23H17N3O4S. The van der Waals surface area contributed by atoms with Gasteiger partial charge >= 0.3 is 5.97 Å². The molecule has 1 aromatic heterocycles. The molecule has 0 unspecified atom stereocenters. The number of carbonyl (C=O) groups excluding carboxylic acids is 1. The summed E-state index contributed by atoms with van der Waals surface area (Å²) < 4.78 is 12.1. The zero-order chi connectivity index (χ0) is 22.4. The Bertz CT molecular complexity index is 1350. The SMILES string of the molecule is CCOc1ccc(-n2c(=C(C#N)C#N)s/c(=C/c3ccc(C(=O)OC)cc3)c2=O)cc1. The van der Waals surface area contributed by atoms with Gasteiger partial charge in [0.1, 0.15) is 22.6 Å². The lowest BCUT2D eigenvalue weighted by Gasteiger charge is -2.05. The molecule has 0 bridgehead atoms. The molecule has 0 atom stereocenters. The minimum atomic E-state index is -0.454. The molecule has 154 valence electrons. The summed E-state index contributed by atoms with van der Waals surface area (Å²) in [6.07, 6.45) is 1.65. The smallest absolute Gasteiger partial charge is 0.337 e. The predicted molar refractivity (Wildman–Crippen MR) is 116 cm³/mol. The van der Waals surface area contributed by atoms with Crippen molar-refractivity contribution in [2.45, 2.75) is 6.92 Å². The molecule has 3 aromatic rings. The summed E-state index contributed by atoms with van der Waals surface area (Å²) in [5.41, 5.74) is 1.08. The van der Waals surface area contributed by atoms with Gasteiger partial charge in [0.2, 0.25) is 0 Å². The van der Waals surface area contributed by atoms with Crippen LogP contribution in [0.3, 0.4) is 0 Å². The summed E-state index contributed by atoms with van der Waals surface area (Å²) in [5.74, 6) is 0.198. The number of benzene rings is 2. The molecule has 0 aliphatic carbocycles. The fourth-order valence-electron chi connectivity index (χ4n) is 2.85. The Hall–Kier alpha value is -4.14. The number of ether oxygens (including phenoxy) is 2. The Balaban J connectivity index is 2.20. The molecule has 3 rings (SSSR count). The van der Waals surface area contributed by atoms with E-state index in [9.17, 15) is 20.1 Å². The molecule has 7 nitrogen and oxygen atoms in total. The van der Waals surface area contributed by atoms with Crippen LogP contribution in [-0.2, 0) is 4.74 Å². The molecule has 0 amide bonds. The van der Waals surface area contributed by atoms with Crippen molar-refractivity contribution in [2.24, 2.45) is 0 Å². The number of nitrogens with zero attached hydrogens (tertiary/aromatic N) is 3. The fraction of sp³-hybridized carbons (Fsp3) is 0.130. The molecule has 2 aromatic carbocycles. The van der Waals surface area contributed by atoms with Gasteiger partial charge in [-0.15, -0.1) is 11.3 Å². The average Bonchev–Trinajstić information content (AvgIpc) is 3.11. The van der Waals surface area contributed by atoms with Crippen molar-refractivity contribution in [2.75, 3.05) is 13.7 Å². The van der Waals surface area contributed by atoms with E-state index in [0.29, 0.717) is 33.7 Å². The molecule has 8 heteroatoms. The van der Waals surface area contributed by atoms with Gasteiger partial charge in [-0.2, -0.15) is 10.5 Å². The van der Waals surface area contributed by atoms with Crippen LogP contribution in [-0.4, -0.2) is 24.3 Å². The number of rotatable bonds is 5.